The Bertz CT molecular complexity index is 725. The fourth-order valence-corrected chi connectivity index (χ4v) is 2.10. The smallest absolute Gasteiger partial charge is 0.343 e. The molecular weight excluding hydrogens is 332 g/mol. The van der Waals surface area contributed by atoms with Crippen molar-refractivity contribution in [1.29, 1.82) is 0 Å². The molecule has 0 atom stereocenters. The maximum Gasteiger partial charge on any atom is 0.343 e. The van der Waals surface area contributed by atoms with Crippen LogP contribution in [0, 0.1) is 0 Å². The Morgan fingerprint density at radius 3 is 2.38 bits per heavy atom. The Balaban J connectivity index is 2.16. The molecule has 0 spiro atoms. The average Bonchev–Trinajstić information content (AvgIpc) is 2.61. The molecule has 2 aromatic rings. The van der Waals surface area contributed by atoms with Gasteiger partial charge in [0.2, 0.25) is 0 Å². The van der Waals surface area contributed by atoms with Crippen LogP contribution in [0.2, 0.25) is 5.02 Å². The lowest BCUT2D eigenvalue weighted by Gasteiger charge is -2.10. The minimum atomic E-state index is -0.636. The highest BCUT2D eigenvalue weighted by Crippen LogP contribution is 2.25. The lowest BCUT2D eigenvalue weighted by atomic mass is 10.2. The molecule has 126 valence electrons. The number of ether oxygens (including phenoxy) is 3. The van der Waals surface area contributed by atoms with Crippen molar-refractivity contribution < 1.29 is 23.8 Å². The molecule has 5 nitrogen and oxygen atoms in total. The van der Waals surface area contributed by atoms with Crippen molar-refractivity contribution in [2.45, 2.75) is 13.3 Å². The Hall–Kier alpha value is -2.53. The third-order valence-corrected chi connectivity index (χ3v) is 3.35. The summed E-state index contributed by atoms with van der Waals surface area (Å²) in [5.41, 5.74) is 0.422. The average molecular weight is 349 g/mol. The summed E-state index contributed by atoms with van der Waals surface area (Å²) in [4.78, 5) is 24.0. The van der Waals surface area contributed by atoms with Crippen molar-refractivity contribution in [2.24, 2.45) is 0 Å². The standard InChI is InChI=1S/C18H17ClO5/c1-3-10-23-14-7-4-12(5-8-14)17(20)24-16-9-6-13(19)11-15(16)18(21)22-2/h4-9,11H,3,10H2,1-2H3. The summed E-state index contributed by atoms with van der Waals surface area (Å²) in [7, 11) is 1.24. The summed E-state index contributed by atoms with van der Waals surface area (Å²) in [5.74, 6) is -0.467. The molecule has 0 saturated heterocycles. The molecule has 0 aliphatic rings. The van der Waals surface area contributed by atoms with Gasteiger partial charge in [-0.15, -0.1) is 0 Å². The van der Waals surface area contributed by atoms with Gasteiger partial charge in [-0.1, -0.05) is 18.5 Å². The van der Waals surface area contributed by atoms with Crippen LogP contribution in [0.1, 0.15) is 34.1 Å². The van der Waals surface area contributed by atoms with E-state index in [1.54, 1.807) is 24.3 Å². The van der Waals surface area contributed by atoms with Gasteiger partial charge in [0.15, 0.2) is 0 Å². The monoisotopic (exact) mass is 348 g/mol. The molecule has 0 N–H and O–H groups in total. The number of hydrogen-bond acceptors (Lipinski definition) is 5. The summed E-state index contributed by atoms with van der Waals surface area (Å²) in [5, 5.41) is 0.340. The molecule has 6 heteroatoms. The number of halogens is 1. The minimum Gasteiger partial charge on any atom is -0.494 e. The second kappa shape index (κ2) is 8.36. The Labute approximate surface area is 145 Å². The molecule has 24 heavy (non-hydrogen) atoms. The Morgan fingerprint density at radius 1 is 1.04 bits per heavy atom. The molecule has 0 saturated carbocycles. The van der Waals surface area contributed by atoms with E-state index in [4.69, 9.17) is 21.1 Å². The van der Waals surface area contributed by atoms with E-state index in [1.807, 2.05) is 6.92 Å². The van der Waals surface area contributed by atoms with Crippen LogP contribution in [0.15, 0.2) is 42.5 Å². The number of esters is 2. The molecular formula is C18H17ClO5. The van der Waals surface area contributed by atoms with Gasteiger partial charge < -0.3 is 14.2 Å². The van der Waals surface area contributed by atoms with Crippen LogP contribution in [0.3, 0.4) is 0 Å². The topological polar surface area (TPSA) is 61.8 Å². The van der Waals surface area contributed by atoms with Gasteiger partial charge in [-0.05, 0) is 48.9 Å². The zero-order valence-electron chi connectivity index (χ0n) is 13.4. The predicted molar refractivity (Wildman–Crippen MR) is 90.0 cm³/mol. The van der Waals surface area contributed by atoms with Crippen LogP contribution in [0.5, 0.6) is 11.5 Å². The maximum atomic E-state index is 12.2. The van der Waals surface area contributed by atoms with Gasteiger partial charge >= 0.3 is 11.9 Å². The summed E-state index contributed by atoms with van der Waals surface area (Å²) < 4.78 is 15.4. The molecule has 0 unspecified atom stereocenters. The summed E-state index contributed by atoms with van der Waals surface area (Å²) in [6, 6.07) is 10.9. The van der Waals surface area contributed by atoms with Gasteiger partial charge in [0.05, 0.1) is 19.3 Å². The first kappa shape index (κ1) is 17.8. The number of benzene rings is 2. The van der Waals surface area contributed by atoms with Gasteiger partial charge in [0.25, 0.3) is 0 Å². The second-order valence-corrected chi connectivity index (χ2v) is 5.33. The molecule has 0 aliphatic heterocycles. The highest BCUT2D eigenvalue weighted by Gasteiger charge is 2.17. The summed E-state index contributed by atoms with van der Waals surface area (Å²) in [6.45, 7) is 2.62. The lowest BCUT2D eigenvalue weighted by molar-refractivity contribution is 0.0593. The van der Waals surface area contributed by atoms with E-state index in [0.717, 1.165) is 6.42 Å². The van der Waals surface area contributed by atoms with E-state index in [-0.39, 0.29) is 11.3 Å². The van der Waals surface area contributed by atoms with Crippen LogP contribution in [-0.4, -0.2) is 25.7 Å². The lowest BCUT2D eigenvalue weighted by Crippen LogP contribution is -2.12. The van der Waals surface area contributed by atoms with Crippen molar-refractivity contribution >= 4 is 23.5 Å². The van der Waals surface area contributed by atoms with Crippen molar-refractivity contribution in [1.82, 2.24) is 0 Å². The van der Waals surface area contributed by atoms with E-state index in [1.165, 1.54) is 25.3 Å². The fourth-order valence-electron chi connectivity index (χ4n) is 1.93. The quantitative estimate of drug-likeness (QED) is 0.580. The SMILES string of the molecule is CCCOc1ccc(C(=O)Oc2ccc(Cl)cc2C(=O)OC)cc1. The molecule has 0 fully saturated rings. The zero-order chi connectivity index (χ0) is 17.5. The van der Waals surface area contributed by atoms with E-state index in [9.17, 15) is 9.59 Å². The van der Waals surface area contributed by atoms with Crippen LogP contribution in [0.25, 0.3) is 0 Å². The molecule has 0 amide bonds. The number of hydrogen-bond donors (Lipinski definition) is 0. The second-order valence-electron chi connectivity index (χ2n) is 4.89. The van der Waals surface area contributed by atoms with Gasteiger partial charge in [-0.3, -0.25) is 0 Å². The van der Waals surface area contributed by atoms with Crippen LogP contribution in [-0.2, 0) is 4.74 Å². The number of carbonyl (C=O) groups excluding carboxylic acids is 2. The molecule has 0 aliphatic carbocycles. The molecule has 0 aromatic heterocycles. The first-order chi connectivity index (χ1) is 11.5. The predicted octanol–water partition coefficient (Wildman–Crippen LogP) is 4.13. The van der Waals surface area contributed by atoms with E-state index in [2.05, 4.69) is 4.74 Å². The van der Waals surface area contributed by atoms with E-state index >= 15 is 0 Å². The third kappa shape index (κ3) is 4.49. The molecule has 0 radical (unpaired) electrons. The van der Waals surface area contributed by atoms with Crippen molar-refractivity contribution in [2.75, 3.05) is 13.7 Å². The van der Waals surface area contributed by atoms with Crippen molar-refractivity contribution in [3.8, 4) is 11.5 Å². The molecule has 2 rings (SSSR count). The molecule has 2 aromatic carbocycles. The van der Waals surface area contributed by atoms with E-state index in [0.29, 0.717) is 22.9 Å². The van der Waals surface area contributed by atoms with Crippen LogP contribution < -0.4 is 9.47 Å². The van der Waals surface area contributed by atoms with Crippen molar-refractivity contribution in [3.05, 3.63) is 58.6 Å². The zero-order valence-corrected chi connectivity index (χ0v) is 14.1. The summed E-state index contributed by atoms with van der Waals surface area (Å²) >= 11 is 5.87. The largest absolute Gasteiger partial charge is 0.494 e. The first-order valence-electron chi connectivity index (χ1n) is 7.38. The fraction of sp³-hybridized carbons (Fsp3) is 0.222. The van der Waals surface area contributed by atoms with Crippen LogP contribution >= 0.6 is 11.6 Å². The Kier molecular flexibility index (Phi) is 6.21. The number of rotatable bonds is 6. The normalized spacial score (nSPS) is 10.1. The van der Waals surface area contributed by atoms with Gasteiger partial charge in [-0.2, -0.15) is 0 Å². The first-order valence-corrected chi connectivity index (χ1v) is 7.76. The van der Waals surface area contributed by atoms with E-state index < -0.39 is 11.9 Å². The molecule has 0 heterocycles. The molecule has 0 bridgehead atoms. The third-order valence-electron chi connectivity index (χ3n) is 3.11. The van der Waals surface area contributed by atoms with Gasteiger partial charge in [0, 0.05) is 5.02 Å². The van der Waals surface area contributed by atoms with Gasteiger partial charge in [0.1, 0.15) is 17.1 Å². The van der Waals surface area contributed by atoms with Crippen LogP contribution in [0.4, 0.5) is 0 Å². The Morgan fingerprint density at radius 2 is 1.75 bits per heavy atom. The summed E-state index contributed by atoms with van der Waals surface area (Å²) in [6.07, 6.45) is 0.899. The highest BCUT2D eigenvalue weighted by molar-refractivity contribution is 6.31. The van der Waals surface area contributed by atoms with Crippen molar-refractivity contribution in [3.63, 3.8) is 0 Å². The van der Waals surface area contributed by atoms with Gasteiger partial charge in [-0.25, -0.2) is 9.59 Å². The number of carbonyl (C=O) groups is 2. The highest BCUT2D eigenvalue weighted by atomic mass is 35.5. The minimum absolute atomic E-state index is 0.0845. The maximum absolute atomic E-state index is 12.2. The number of methoxy groups -OCH3 is 1.